The van der Waals surface area contributed by atoms with Gasteiger partial charge in [-0.15, -0.1) is 0 Å². The van der Waals surface area contributed by atoms with E-state index in [0.29, 0.717) is 56.4 Å². The van der Waals surface area contributed by atoms with Crippen molar-refractivity contribution in [2.75, 3.05) is 31.1 Å². The lowest BCUT2D eigenvalue weighted by Gasteiger charge is -2.26. The smallest absolute Gasteiger partial charge is 0.274 e. The third-order valence-corrected chi connectivity index (χ3v) is 7.71. The topological polar surface area (TPSA) is 147 Å². The fraction of sp³-hybridized carbons (Fsp3) is 0.300. The van der Waals surface area contributed by atoms with Crippen LogP contribution in [0.3, 0.4) is 0 Å². The number of likely N-dealkylation sites (N-methyl/N-ethyl adjacent to an activating group) is 1. The Kier molecular flexibility index (Phi) is 7.29. The van der Waals surface area contributed by atoms with E-state index in [0.717, 1.165) is 39.0 Å². The largest absolute Gasteiger partial charge is 0.505 e. The van der Waals surface area contributed by atoms with Crippen LogP contribution in [0.25, 0.3) is 33.5 Å². The molecule has 0 saturated heterocycles. The molecule has 4 N–H and O–H groups in total. The Morgan fingerprint density at radius 3 is 2.76 bits per heavy atom. The van der Waals surface area contributed by atoms with Crippen molar-refractivity contribution >= 4 is 22.6 Å². The number of phenols is 1. The van der Waals surface area contributed by atoms with Crippen molar-refractivity contribution in [3.8, 4) is 28.4 Å². The van der Waals surface area contributed by atoms with Crippen LogP contribution in [0.5, 0.6) is 5.75 Å². The molecule has 2 aromatic carbocycles. The highest BCUT2D eigenvalue weighted by Crippen LogP contribution is 2.34. The quantitative estimate of drug-likeness (QED) is 0.220. The zero-order valence-electron chi connectivity index (χ0n) is 23.4. The van der Waals surface area contributed by atoms with Gasteiger partial charge in [0.05, 0.1) is 36.8 Å². The number of carbonyl (C=O) groups excluding carboxylic acids is 1. The average Bonchev–Trinajstić information content (AvgIpc) is 3.64. The number of phenolic OH excluding ortho intramolecular Hbond substituents is 1. The van der Waals surface area contributed by atoms with Crippen LogP contribution >= 0.6 is 0 Å². The number of imidazole rings is 1. The second kappa shape index (κ2) is 11.2. The Labute approximate surface area is 241 Å². The van der Waals surface area contributed by atoms with Crippen molar-refractivity contribution in [1.29, 1.82) is 0 Å². The summed E-state index contributed by atoms with van der Waals surface area (Å²) in [6.07, 6.45) is 4.29. The molecule has 0 unspecified atom stereocenters. The summed E-state index contributed by atoms with van der Waals surface area (Å²) >= 11 is 0. The third kappa shape index (κ3) is 4.94. The molecule has 12 heteroatoms. The second-order valence-corrected chi connectivity index (χ2v) is 10.2. The number of hydrogen-bond donors (Lipinski definition) is 4. The molecular formula is C30H31FN8O3. The number of aromatic nitrogens is 6. The van der Waals surface area contributed by atoms with Crippen LogP contribution in [0.2, 0.25) is 0 Å². The lowest BCUT2D eigenvalue weighted by molar-refractivity contribution is 0.0725. The summed E-state index contributed by atoms with van der Waals surface area (Å²) in [6, 6.07) is 8.57. The van der Waals surface area contributed by atoms with E-state index in [1.807, 2.05) is 36.9 Å². The van der Waals surface area contributed by atoms with E-state index in [2.05, 4.69) is 25.1 Å². The van der Waals surface area contributed by atoms with Crippen molar-refractivity contribution in [3.05, 3.63) is 71.2 Å². The molecule has 0 radical (unpaired) electrons. The molecule has 0 atom stereocenters. The van der Waals surface area contributed by atoms with Crippen LogP contribution in [0.1, 0.15) is 41.3 Å². The molecule has 0 spiro atoms. The van der Waals surface area contributed by atoms with E-state index < -0.39 is 5.82 Å². The highest BCUT2D eigenvalue weighted by atomic mass is 19.1. The minimum atomic E-state index is -0.661. The molecule has 6 rings (SSSR count). The highest BCUT2D eigenvalue weighted by molar-refractivity contribution is 5.94. The van der Waals surface area contributed by atoms with E-state index in [4.69, 9.17) is 4.98 Å². The van der Waals surface area contributed by atoms with Crippen molar-refractivity contribution < 1.29 is 19.4 Å². The summed E-state index contributed by atoms with van der Waals surface area (Å²) in [6.45, 7) is 5.89. The predicted octanol–water partition coefficient (Wildman–Crippen LogP) is 3.83. The SMILES string of the molecule is CCc1cc(O)c(F)cc1-c1ccc2c(-c3nc4c([nH]3)CCN(C(=O)c3cnc(N(CC)CCO)cn3)C4)n[nH]c2c1. The minimum Gasteiger partial charge on any atom is -0.505 e. The first-order valence-corrected chi connectivity index (χ1v) is 13.9. The number of benzene rings is 2. The third-order valence-electron chi connectivity index (χ3n) is 7.71. The van der Waals surface area contributed by atoms with Gasteiger partial charge in [-0.3, -0.25) is 9.89 Å². The Morgan fingerprint density at radius 1 is 1.17 bits per heavy atom. The maximum absolute atomic E-state index is 14.2. The lowest BCUT2D eigenvalue weighted by Crippen LogP contribution is -2.36. The number of halogens is 1. The minimum absolute atomic E-state index is 0.00784. The number of H-pyrrole nitrogens is 2. The van der Waals surface area contributed by atoms with E-state index in [9.17, 15) is 19.4 Å². The summed E-state index contributed by atoms with van der Waals surface area (Å²) in [4.78, 5) is 33.7. The number of hydrogen-bond acceptors (Lipinski definition) is 8. The van der Waals surface area contributed by atoms with Gasteiger partial charge in [0.1, 0.15) is 17.2 Å². The lowest BCUT2D eigenvalue weighted by atomic mass is 9.96. The number of fused-ring (bicyclic) bond motifs is 2. The fourth-order valence-corrected chi connectivity index (χ4v) is 5.42. The number of nitrogens with one attached hydrogen (secondary N) is 2. The number of aromatic hydroxyl groups is 1. The maximum atomic E-state index is 14.2. The molecule has 0 fully saturated rings. The van der Waals surface area contributed by atoms with Gasteiger partial charge in [-0.1, -0.05) is 13.0 Å². The van der Waals surface area contributed by atoms with Crippen molar-refractivity contribution in [2.45, 2.75) is 33.2 Å². The zero-order chi connectivity index (χ0) is 29.4. The molecule has 1 aliphatic rings. The molecule has 0 bridgehead atoms. The molecule has 1 amide bonds. The van der Waals surface area contributed by atoms with Gasteiger partial charge in [-0.2, -0.15) is 5.10 Å². The van der Waals surface area contributed by atoms with Gasteiger partial charge in [-0.25, -0.2) is 19.3 Å². The van der Waals surface area contributed by atoms with Crippen LogP contribution < -0.4 is 4.90 Å². The first kappa shape index (κ1) is 27.3. The van der Waals surface area contributed by atoms with Crippen molar-refractivity contribution in [3.63, 3.8) is 0 Å². The Bertz CT molecular complexity index is 1760. The number of aliphatic hydroxyl groups is 1. The molecule has 3 aromatic heterocycles. The number of aryl methyl sites for hydroxylation is 1. The van der Waals surface area contributed by atoms with Crippen molar-refractivity contribution in [2.24, 2.45) is 0 Å². The first-order chi connectivity index (χ1) is 20.4. The number of anilines is 1. The maximum Gasteiger partial charge on any atom is 0.274 e. The van der Waals surface area contributed by atoms with Crippen LogP contribution in [-0.4, -0.2) is 77.4 Å². The van der Waals surface area contributed by atoms with Gasteiger partial charge in [0, 0.05) is 37.1 Å². The van der Waals surface area contributed by atoms with Gasteiger partial charge in [0.2, 0.25) is 0 Å². The number of carbonyl (C=O) groups is 1. The summed E-state index contributed by atoms with van der Waals surface area (Å²) in [5.41, 5.74) is 5.79. The van der Waals surface area contributed by atoms with Crippen molar-refractivity contribution in [1.82, 2.24) is 35.0 Å². The van der Waals surface area contributed by atoms with Gasteiger partial charge in [0.25, 0.3) is 5.91 Å². The Morgan fingerprint density at radius 2 is 2.02 bits per heavy atom. The molecule has 4 heterocycles. The normalized spacial score (nSPS) is 13.0. The number of aromatic amines is 2. The number of nitrogens with zero attached hydrogens (tertiary/aromatic N) is 6. The Hall–Kier alpha value is -4.84. The summed E-state index contributed by atoms with van der Waals surface area (Å²) in [5, 5.41) is 27.5. The number of aliphatic hydroxyl groups excluding tert-OH is 1. The van der Waals surface area contributed by atoms with Crippen LogP contribution in [0.4, 0.5) is 10.2 Å². The predicted molar refractivity (Wildman–Crippen MR) is 156 cm³/mol. The van der Waals surface area contributed by atoms with Crippen LogP contribution in [0.15, 0.2) is 42.7 Å². The first-order valence-electron chi connectivity index (χ1n) is 13.9. The van der Waals surface area contributed by atoms with E-state index in [1.165, 1.54) is 18.3 Å². The van der Waals surface area contributed by atoms with Gasteiger partial charge in [-0.05, 0) is 54.3 Å². The van der Waals surface area contributed by atoms with Crippen LogP contribution in [-0.2, 0) is 19.4 Å². The molecule has 0 saturated carbocycles. The zero-order valence-corrected chi connectivity index (χ0v) is 23.4. The number of amides is 1. The van der Waals surface area contributed by atoms with Crippen LogP contribution in [0, 0.1) is 5.82 Å². The number of rotatable bonds is 8. The van der Waals surface area contributed by atoms with E-state index in [1.54, 1.807) is 11.1 Å². The molecule has 11 nitrogen and oxygen atoms in total. The monoisotopic (exact) mass is 570 g/mol. The molecule has 0 aliphatic carbocycles. The van der Waals surface area contributed by atoms with Gasteiger partial charge in [0.15, 0.2) is 17.4 Å². The molecular weight excluding hydrogens is 539 g/mol. The Balaban J connectivity index is 1.22. The van der Waals surface area contributed by atoms with Gasteiger partial charge >= 0.3 is 0 Å². The molecule has 216 valence electrons. The van der Waals surface area contributed by atoms with Gasteiger partial charge < -0.3 is 25.0 Å². The second-order valence-electron chi connectivity index (χ2n) is 10.2. The summed E-state index contributed by atoms with van der Waals surface area (Å²) in [7, 11) is 0. The van der Waals surface area contributed by atoms with E-state index in [-0.39, 0.29) is 24.0 Å². The fourth-order valence-electron chi connectivity index (χ4n) is 5.42. The highest BCUT2D eigenvalue weighted by Gasteiger charge is 2.27. The summed E-state index contributed by atoms with van der Waals surface area (Å²) < 4.78 is 14.2. The summed E-state index contributed by atoms with van der Waals surface area (Å²) in [5.74, 6) is -0.0203. The van der Waals surface area contributed by atoms with E-state index >= 15 is 0 Å². The average molecular weight is 571 g/mol. The molecule has 5 aromatic rings. The molecule has 42 heavy (non-hydrogen) atoms. The standard InChI is InChI=1S/C30H31FN8O3/c1-3-17-12-26(41)21(31)13-20(17)18-5-6-19-23(11-18)36-37-28(19)29-34-22-7-8-39(16-25(22)35-29)30(42)24-14-33-27(15-32-24)38(4-2)9-10-40/h5-6,11-15,40-41H,3-4,7-10,16H2,1-2H3,(H,34,35)(H,36,37). The molecule has 1 aliphatic heterocycles.